The van der Waals surface area contributed by atoms with E-state index in [0.29, 0.717) is 6.61 Å². The minimum absolute atomic E-state index is 0.0261. The highest BCUT2D eigenvalue weighted by molar-refractivity contribution is 5.28. The minimum Gasteiger partial charge on any atom is -0.489 e. The van der Waals surface area contributed by atoms with E-state index in [0.717, 1.165) is 18.7 Å². The van der Waals surface area contributed by atoms with Gasteiger partial charge in [-0.05, 0) is 29.7 Å². The zero-order chi connectivity index (χ0) is 13.3. The van der Waals surface area contributed by atoms with Crippen LogP contribution in [-0.4, -0.2) is 18.4 Å². The molecule has 2 rings (SSSR count). The molecule has 0 spiro atoms. The Kier molecular flexibility index (Phi) is 5.41. The highest BCUT2D eigenvalue weighted by atomic mass is 16.5. The van der Waals surface area contributed by atoms with E-state index >= 15 is 0 Å². The van der Waals surface area contributed by atoms with Gasteiger partial charge in [-0.1, -0.05) is 42.5 Å². The minimum atomic E-state index is 0.0261. The van der Waals surface area contributed by atoms with E-state index in [4.69, 9.17) is 9.84 Å². The standard InChI is InChI=1S/C16H19NO2/c18-13-17-11-10-14-6-8-16(9-7-14)19-12-15-4-2-1-3-5-15/h1-9,17-18H,10-13H2. The third-order valence-electron chi connectivity index (χ3n) is 2.87. The van der Waals surface area contributed by atoms with Crippen molar-refractivity contribution in [3.63, 3.8) is 0 Å². The summed E-state index contributed by atoms with van der Waals surface area (Å²) in [4.78, 5) is 0. The predicted octanol–water partition coefficient (Wildman–Crippen LogP) is 2.35. The Balaban J connectivity index is 1.81. The number of aliphatic hydroxyl groups is 1. The van der Waals surface area contributed by atoms with Crippen molar-refractivity contribution in [2.45, 2.75) is 13.0 Å². The molecule has 0 aliphatic heterocycles. The summed E-state index contributed by atoms with van der Waals surface area (Å²) < 4.78 is 5.72. The second-order valence-electron chi connectivity index (χ2n) is 4.33. The molecule has 3 heteroatoms. The molecule has 0 amide bonds. The molecule has 0 saturated carbocycles. The van der Waals surface area contributed by atoms with Gasteiger partial charge in [-0.15, -0.1) is 0 Å². The molecule has 2 N–H and O–H groups in total. The largest absolute Gasteiger partial charge is 0.489 e. The van der Waals surface area contributed by atoms with E-state index in [-0.39, 0.29) is 6.73 Å². The van der Waals surface area contributed by atoms with Gasteiger partial charge in [0.25, 0.3) is 0 Å². The average Bonchev–Trinajstić information content (AvgIpc) is 2.48. The van der Waals surface area contributed by atoms with Crippen LogP contribution in [0.4, 0.5) is 0 Å². The topological polar surface area (TPSA) is 41.5 Å². The van der Waals surface area contributed by atoms with Gasteiger partial charge in [-0.3, -0.25) is 5.32 Å². The Morgan fingerprint density at radius 1 is 0.895 bits per heavy atom. The highest BCUT2D eigenvalue weighted by Gasteiger charge is 1.97. The van der Waals surface area contributed by atoms with E-state index in [2.05, 4.69) is 29.6 Å². The Hall–Kier alpha value is -1.84. The first-order valence-electron chi connectivity index (χ1n) is 6.46. The second-order valence-corrected chi connectivity index (χ2v) is 4.33. The van der Waals surface area contributed by atoms with E-state index in [1.165, 1.54) is 11.1 Å². The van der Waals surface area contributed by atoms with Crippen LogP contribution in [0.3, 0.4) is 0 Å². The maximum atomic E-state index is 8.64. The smallest absolute Gasteiger partial charge is 0.119 e. The molecule has 0 atom stereocenters. The molecule has 0 aromatic heterocycles. The molecule has 0 radical (unpaired) electrons. The van der Waals surface area contributed by atoms with Gasteiger partial charge in [0.15, 0.2) is 0 Å². The van der Waals surface area contributed by atoms with Gasteiger partial charge in [-0.2, -0.15) is 0 Å². The second kappa shape index (κ2) is 7.56. The molecule has 19 heavy (non-hydrogen) atoms. The van der Waals surface area contributed by atoms with Crippen LogP contribution in [-0.2, 0) is 13.0 Å². The van der Waals surface area contributed by atoms with Crippen molar-refractivity contribution >= 4 is 0 Å². The summed E-state index contributed by atoms with van der Waals surface area (Å²) in [5.74, 6) is 0.878. The number of hydrogen-bond donors (Lipinski definition) is 2. The number of benzene rings is 2. The summed E-state index contributed by atoms with van der Waals surface area (Å²) in [6, 6.07) is 18.2. The van der Waals surface area contributed by atoms with Crippen LogP contribution in [0.1, 0.15) is 11.1 Å². The van der Waals surface area contributed by atoms with Gasteiger partial charge in [0.1, 0.15) is 12.4 Å². The summed E-state index contributed by atoms with van der Waals surface area (Å²) in [5.41, 5.74) is 2.40. The molecule has 0 saturated heterocycles. The van der Waals surface area contributed by atoms with E-state index in [1.54, 1.807) is 0 Å². The number of aliphatic hydroxyl groups excluding tert-OH is 1. The van der Waals surface area contributed by atoms with Gasteiger partial charge < -0.3 is 9.84 Å². The zero-order valence-electron chi connectivity index (χ0n) is 10.9. The van der Waals surface area contributed by atoms with Crippen molar-refractivity contribution < 1.29 is 9.84 Å². The molecule has 0 bridgehead atoms. The highest BCUT2D eigenvalue weighted by Crippen LogP contribution is 2.14. The van der Waals surface area contributed by atoms with Crippen molar-refractivity contribution in [2.75, 3.05) is 13.3 Å². The quantitative estimate of drug-likeness (QED) is 0.591. The van der Waals surface area contributed by atoms with Crippen molar-refractivity contribution in [1.29, 1.82) is 0 Å². The lowest BCUT2D eigenvalue weighted by molar-refractivity contribution is 0.262. The maximum Gasteiger partial charge on any atom is 0.119 e. The molecule has 0 fully saturated rings. The zero-order valence-corrected chi connectivity index (χ0v) is 10.9. The summed E-state index contributed by atoms with van der Waals surface area (Å²) in [5, 5.41) is 11.5. The molecule has 0 aliphatic rings. The fourth-order valence-corrected chi connectivity index (χ4v) is 1.81. The Bertz CT molecular complexity index is 468. The van der Waals surface area contributed by atoms with Crippen LogP contribution in [0.15, 0.2) is 54.6 Å². The SMILES string of the molecule is OCNCCc1ccc(OCc2ccccc2)cc1. The lowest BCUT2D eigenvalue weighted by Crippen LogP contribution is -2.17. The van der Waals surface area contributed by atoms with Crippen molar-refractivity contribution in [1.82, 2.24) is 5.32 Å². The summed E-state index contributed by atoms with van der Waals surface area (Å²) in [6.07, 6.45) is 0.902. The third-order valence-corrected chi connectivity index (χ3v) is 2.87. The van der Waals surface area contributed by atoms with E-state index in [1.807, 2.05) is 30.3 Å². The lowest BCUT2D eigenvalue weighted by Gasteiger charge is -2.07. The van der Waals surface area contributed by atoms with Crippen LogP contribution in [0.2, 0.25) is 0 Å². The van der Waals surface area contributed by atoms with E-state index < -0.39 is 0 Å². The summed E-state index contributed by atoms with van der Waals surface area (Å²) in [7, 11) is 0. The summed E-state index contributed by atoms with van der Waals surface area (Å²) in [6.45, 7) is 1.39. The maximum absolute atomic E-state index is 8.64. The number of nitrogens with one attached hydrogen (secondary N) is 1. The molecule has 2 aromatic carbocycles. The molecular weight excluding hydrogens is 238 g/mol. The number of rotatable bonds is 7. The molecule has 2 aromatic rings. The van der Waals surface area contributed by atoms with Crippen LogP contribution in [0.5, 0.6) is 5.75 Å². The first-order valence-corrected chi connectivity index (χ1v) is 6.46. The molecular formula is C16H19NO2. The average molecular weight is 257 g/mol. The van der Waals surface area contributed by atoms with Crippen molar-refractivity contribution in [3.8, 4) is 5.75 Å². The molecule has 0 unspecified atom stereocenters. The van der Waals surface area contributed by atoms with Gasteiger partial charge in [0.2, 0.25) is 0 Å². The fourth-order valence-electron chi connectivity index (χ4n) is 1.81. The van der Waals surface area contributed by atoms with Crippen molar-refractivity contribution in [2.24, 2.45) is 0 Å². The third kappa shape index (κ3) is 4.73. The fraction of sp³-hybridized carbons (Fsp3) is 0.250. The summed E-state index contributed by atoms with van der Waals surface area (Å²) >= 11 is 0. The first-order chi connectivity index (χ1) is 9.38. The number of ether oxygens (including phenoxy) is 1. The predicted molar refractivity (Wildman–Crippen MR) is 76.0 cm³/mol. The van der Waals surface area contributed by atoms with E-state index in [9.17, 15) is 0 Å². The van der Waals surface area contributed by atoms with Gasteiger partial charge in [0, 0.05) is 6.54 Å². The first kappa shape index (κ1) is 13.6. The Labute approximate surface area is 113 Å². The van der Waals surface area contributed by atoms with Crippen LogP contribution in [0, 0.1) is 0 Å². The van der Waals surface area contributed by atoms with Crippen LogP contribution < -0.4 is 10.1 Å². The molecule has 0 aliphatic carbocycles. The molecule has 100 valence electrons. The lowest BCUT2D eigenvalue weighted by atomic mass is 10.1. The Morgan fingerprint density at radius 2 is 1.63 bits per heavy atom. The van der Waals surface area contributed by atoms with Crippen molar-refractivity contribution in [3.05, 3.63) is 65.7 Å². The monoisotopic (exact) mass is 257 g/mol. The molecule has 3 nitrogen and oxygen atoms in total. The molecule has 0 heterocycles. The van der Waals surface area contributed by atoms with Crippen LogP contribution in [0.25, 0.3) is 0 Å². The van der Waals surface area contributed by atoms with Gasteiger partial charge in [-0.25, -0.2) is 0 Å². The Morgan fingerprint density at radius 3 is 2.32 bits per heavy atom. The normalized spacial score (nSPS) is 10.4. The van der Waals surface area contributed by atoms with Gasteiger partial charge >= 0.3 is 0 Å². The number of hydrogen-bond acceptors (Lipinski definition) is 3. The van der Waals surface area contributed by atoms with Gasteiger partial charge in [0.05, 0.1) is 6.73 Å². The van der Waals surface area contributed by atoms with Crippen LogP contribution >= 0.6 is 0 Å².